The summed E-state index contributed by atoms with van der Waals surface area (Å²) < 4.78 is 5.04. The molecule has 3 heteroatoms. The van der Waals surface area contributed by atoms with Gasteiger partial charge in [-0.25, -0.2) is 0 Å². The second kappa shape index (κ2) is 2.77. The Morgan fingerprint density at radius 3 is 2.33 bits per heavy atom. The lowest BCUT2D eigenvalue weighted by molar-refractivity contribution is 0.233. The van der Waals surface area contributed by atoms with Gasteiger partial charge in [-0.15, -0.1) is 0 Å². The van der Waals surface area contributed by atoms with Crippen LogP contribution in [0.4, 0.5) is 0 Å². The third-order valence-corrected chi connectivity index (χ3v) is 1.95. The van der Waals surface area contributed by atoms with Crippen molar-refractivity contribution in [1.82, 2.24) is 5.06 Å². The van der Waals surface area contributed by atoms with Crippen molar-refractivity contribution in [3.63, 3.8) is 0 Å². The first-order valence-corrected chi connectivity index (χ1v) is 3.85. The quantitative estimate of drug-likeness (QED) is 0.622. The molecule has 1 heterocycles. The van der Waals surface area contributed by atoms with Crippen molar-refractivity contribution in [2.45, 2.75) is 6.23 Å². The van der Waals surface area contributed by atoms with Gasteiger partial charge in [-0.3, -0.25) is 4.84 Å². The van der Waals surface area contributed by atoms with Crippen LogP contribution in [-0.2, 0) is 4.84 Å². The van der Waals surface area contributed by atoms with Crippen molar-refractivity contribution < 1.29 is 9.57 Å². The lowest BCUT2D eigenvalue weighted by Gasteiger charge is -1.99. The molecule has 2 rings (SSSR count). The number of hydrogen-bond acceptors (Lipinski definition) is 3. The van der Waals surface area contributed by atoms with Crippen LogP contribution in [-0.4, -0.2) is 19.2 Å². The van der Waals surface area contributed by atoms with Crippen molar-refractivity contribution >= 4 is 0 Å². The van der Waals surface area contributed by atoms with E-state index in [9.17, 15) is 0 Å². The van der Waals surface area contributed by atoms with Crippen LogP contribution in [0.15, 0.2) is 24.3 Å². The Balaban J connectivity index is 2.14. The minimum Gasteiger partial charge on any atom is -0.497 e. The summed E-state index contributed by atoms with van der Waals surface area (Å²) in [7, 11) is 3.57. The minimum atomic E-state index is 0.149. The van der Waals surface area contributed by atoms with Crippen LogP contribution in [0, 0.1) is 0 Å². The van der Waals surface area contributed by atoms with Gasteiger partial charge in [-0.1, -0.05) is 12.1 Å². The van der Waals surface area contributed by atoms with Gasteiger partial charge < -0.3 is 4.74 Å². The molecule has 3 nitrogen and oxygen atoms in total. The van der Waals surface area contributed by atoms with Crippen LogP contribution < -0.4 is 4.74 Å². The molecule has 0 aromatic heterocycles. The van der Waals surface area contributed by atoms with Gasteiger partial charge in [0.25, 0.3) is 0 Å². The van der Waals surface area contributed by atoms with Crippen LogP contribution in [0.25, 0.3) is 0 Å². The second-order valence-electron chi connectivity index (χ2n) is 2.78. The average Bonchev–Trinajstić information content (AvgIpc) is 2.83. The van der Waals surface area contributed by atoms with Crippen molar-refractivity contribution in [3.05, 3.63) is 29.8 Å². The Kier molecular flexibility index (Phi) is 1.75. The molecule has 1 aromatic rings. The monoisotopic (exact) mass is 165 g/mol. The highest BCUT2D eigenvalue weighted by Gasteiger charge is 2.33. The number of hydrogen-bond donors (Lipinski definition) is 0. The molecule has 1 fully saturated rings. The number of hydroxylamine groups is 2. The summed E-state index contributed by atoms with van der Waals surface area (Å²) in [6.45, 7) is 0. The van der Waals surface area contributed by atoms with Gasteiger partial charge in [0.15, 0.2) is 6.23 Å². The zero-order valence-electron chi connectivity index (χ0n) is 7.15. The zero-order chi connectivity index (χ0) is 8.55. The first-order chi connectivity index (χ1) is 5.81. The Morgan fingerprint density at radius 1 is 1.33 bits per heavy atom. The SMILES string of the molecule is COc1ccc([C@@H]2ON2C)cc1. The first kappa shape index (κ1) is 7.58. The highest BCUT2D eigenvalue weighted by Crippen LogP contribution is 2.34. The van der Waals surface area contributed by atoms with E-state index in [1.165, 1.54) is 5.56 Å². The molecule has 1 aliphatic rings. The summed E-state index contributed by atoms with van der Waals surface area (Å²) in [6, 6.07) is 7.88. The first-order valence-electron chi connectivity index (χ1n) is 3.85. The highest BCUT2D eigenvalue weighted by molar-refractivity contribution is 5.28. The molecular weight excluding hydrogens is 154 g/mol. The van der Waals surface area contributed by atoms with Crippen LogP contribution in [0.2, 0.25) is 0 Å². The van der Waals surface area contributed by atoms with Crippen LogP contribution in [0.3, 0.4) is 0 Å². The molecule has 0 amide bonds. The predicted molar refractivity (Wildman–Crippen MR) is 44.6 cm³/mol. The van der Waals surface area contributed by atoms with Crippen molar-refractivity contribution in [2.24, 2.45) is 0 Å². The molecule has 1 saturated heterocycles. The molecule has 0 bridgehead atoms. The summed E-state index contributed by atoms with van der Waals surface area (Å²) in [5.74, 6) is 0.877. The topological polar surface area (TPSA) is 24.8 Å². The molecule has 12 heavy (non-hydrogen) atoms. The molecule has 1 aliphatic heterocycles. The third kappa shape index (κ3) is 1.29. The van der Waals surface area contributed by atoms with Crippen LogP contribution in [0.5, 0.6) is 5.75 Å². The molecule has 64 valence electrons. The smallest absolute Gasteiger partial charge is 0.179 e. The van der Waals surface area contributed by atoms with Gasteiger partial charge in [0.2, 0.25) is 0 Å². The Hall–Kier alpha value is -1.06. The Morgan fingerprint density at radius 2 is 1.92 bits per heavy atom. The zero-order valence-corrected chi connectivity index (χ0v) is 7.15. The molecule has 0 radical (unpaired) electrons. The normalized spacial score (nSPS) is 26.8. The number of ether oxygens (including phenoxy) is 1. The lowest BCUT2D eigenvalue weighted by Crippen LogP contribution is -1.88. The molecule has 0 spiro atoms. The summed E-state index contributed by atoms with van der Waals surface area (Å²) >= 11 is 0. The van der Waals surface area contributed by atoms with E-state index in [-0.39, 0.29) is 6.23 Å². The van der Waals surface area contributed by atoms with Crippen molar-refractivity contribution in [3.8, 4) is 5.75 Å². The maximum absolute atomic E-state index is 5.17. The Labute approximate surface area is 71.5 Å². The summed E-state index contributed by atoms with van der Waals surface area (Å²) in [6.07, 6.45) is 0.149. The fourth-order valence-corrected chi connectivity index (χ4v) is 1.17. The summed E-state index contributed by atoms with van der Waals surface area (Å²) in [5.41, 5.74) is 1.17. The fourth-order valence-electron chi connectivity index (χ4n) is 1.17. The molecule has 1 unspecified atom stereocenters. The minimum absolute atomic E-state index is 0.149. The fraction of sp³-hybridized carbons (Fsp3) is 0.333. The largest absolute Gasteiger partial charge is 0.497 e. The van der Waals surface area contributed by atoms with E-state index in [0.717, 1.165) is 5.75 Å². The van der Waals surface area contributed by atoms with E-state index < -0.39 is 0 Å². The number of benzene rings is 1. The van der Waals surface area contributed by atoms with E-state index in [1.807, 2.05) is 36.4 Å². The van der Waals surface area contributed by atoms with E-state index in [2.05, 4.69) is 0 Å². The number of nitrogens with zero attached hydrogens (tertiary/aromatic N) is 1. The average molecular weight is 165 g/mol. The summed E-state index contributed by atoms with van der Waals surface area (Å²) in [5, 5.41) is 1.81. The van der Waals surface area contributed by atoms with Crippen molar-refractivity contribution in [2.75, 3.05) is 14.2 Å². The van der Waals surface area contributed by atoms with Gasteiger partial charge in [0.1, 0.15) is 5.75 Å². The second-order valence-corrected chi connectivity index (χ2v) is 2.78. The maximum Gasteiger partial charge on any atom is 0.179 e. The van der Waals surface area contributed by atoms with Crippen LogP contribution >= 0.6 is 0 Å². The van der Waals surface area contributed by atoms with E-state index in [1.54, 1.807) is 7.11 Å². The molecule has 0 N–H and O–H groups in total. The molecule has 2 atom stereocenters. The van der Waals surface area contributed by atoms with E-state index in [0.29, 0.717) is 0 Å². The molecular formula is C9H11NO2. The lowest BCUT2D eigenvalue weighted by atomic mass is 10.2. The molecule has 1 aromatic carbocycles. The van der Waals surface area contributed by atoms with Gasteiger partial charge >= 0.3 is 0 Å². The Bertz CT molecular complexity index is 270. The van der Waals surface area contributed by atoms with Crippen molar-refractivity contribution in [1.29, 1.82) is 0 Å². The van der Waals surface area contributed by atoms with Crippen LogP contribution in [0.1, 0.15) is 11.8 Å². The van der Waals surface area contributed by atoms with E-state index in [4.69, 9.17) is 9.57 Å². The standard InChI is InChI=1S/C9H11NO2/c1-10-9(12-10)7-3-5-8(11-2)6-4-7/h3-6,9H,1-2H3/t9-,10?/m0/s1. The maximum atomic E-state index is 5.17. The van der Waals surface area contributed by atoms with Gasteiger partial charge in [0, 0.05) is 7.05 Å². The third-order valence-electron chi connectivity index (χ3n) is 1.95. The molecule has 0 aliphatic carbocycles. The molecule has 0 saturated carbocycles. The number of methoxy groups -OCH3 is 1. The van der Waals surface area contributed by atoms with Gasteiger partial charge in [-0.2, -0.15) is 5.06 Å². The highest BCUT2D eigenvalue weighted by atomic mass is 16.8. The number of rotatable bonds is 2. The van der Waals surface area contributed by atoms with E-state index >= 15 is 0 Å². The van der Waals surface area contributed by atoms with Gasteiger partial charge in [-0.05, 0) is 17.7 Å². The summed E-state index contributed by atoms with van der Waals surface area (Å²) in [4.78, 5) is 5.17. The predicted octanol–water partition coefficient (Wildman–Crippen LogP) is 1.57. The van der Waals surface area contributed by atoms with Gasteiger partial charge in [0.05, 0.1) is 7.11 Å².